The molecule has 29 heavy (non-hydrogen) atoms. The summed E-state index contributed by atoms with van der Waals surface area (Å²) in [6.07, 6.45) is 0. The molecule has 0 aliphatic rings. The molecule has 156 valence electrons. The normalized spacial score (nSPS) is 12.4. The summed E-state index contributed by atoms with van der Waals surface area (Å²) in [7, 11) is 1.77. The third-order valence-electron chi connectivity index (χ3n) is 4.50. The maximum absolute atomic E-state index is 11.8. The summed E-state index contributed by atoms with van der Waals surface area (Å²) in [6.45, 7) is 9.62. The summed E-state index contributed by atoms with van der Waals surface area (Å²) in [4.78, 5) is 16.1. The first-order valence-electron chi connectivity index (χ1n) is 10.0. The van der Waals surface area contributed by atoms with E-state index in [4.69, 9.17) is 0 Å². The van der Waals surface area contributed by atoms with Crippen LogP contribution >= 0.6 is 0 Å². The number of guanidine groups is 1. The van der Waals surface area contributed by atoms with Gasteiger partial charge in [0.15, 0.2) is 5.96 Å². The standard InChI is InChI=1S/C23H33N5O/c1-16(2)27-23(29)28-21-11-9-19(10-12-21)15-26-22(24-5)25-14-18(4)20-8-6-7-17(3)13-20/h6-13,16,18H,14-15H2,1-5H3,(H2,24,25,26)(H2,27,28,29). The number of nitrogens with zero attached hydrogens (tertiary/aromatic N) is 1. The number of aliphatic imine (C=N–C) groups is 1. The number of carbonyl (C=O) groups is 1. The Hall–Kier alpha value is -3.02. The largest absolute Gasteiger partial charge is 0.356 e. The molecule has 0 heterocycles. The highest BCUT2D eigenvalue weighted by Crippen LogP contribution is 2.15. The smallest absolute Gasteiger partial charge is 0.319 e. The number of amides is 2. The first kappa shape index (κ1) is 22.3. The van der Waals surface area contributed by atoms with E-state index in [2.05, 4.69) is 64.4 Å². The minimum Gasteiger partial charge on any atom is -0.356 e. The molecule has 2 aromatic carbocycles. The van der Waals surface area contributed by atoms with Gasteiger partial charge in [0.25, 0.3) is 0 Å². The molecule has 0 bridgehead atoms. The van der Waals surface area contributed by atoms with Crippen molar-refractivity contribution < 1.29 is 4.79 Å². The van der Waals surface area contributed by atoms with Gasteiger partial charge in [-0.05, 0) is 49.9 Å². The zero-order valence-corrected chi connectivity index (χ0v) is 18.0. The van der Waals surface area contributed by atoms with Crippen molar-refractivity contribution in [2.45, 2.75) is 46.2 Å². The van der Waals surface area contributed by atoms with Crippen molar-refractivity contribution in [3.05, 3.63) is 65.2 Å². The van der Waals surface area contributed by atoms with Gasteiger partial charge in [0.05, 0.1) is 0 Å². The highest BCUT2D eigenvalue weighted by atomic mass is 16.2. The van der Waals surface area contributed by atoms with Crippen LogP contribution in [0.4, 0.5) is 10.5 Å². The molecule has 0 saturated heterocycles. The van der Waals surface area contributed by atoms with Crippen LogP contribution in [0.5, 0.6) is 0 Å². The average molecular weight is 396 g/mol. The van der Waals surface area contributed by atoms with E-state index >= 15 is 0 Å². The predicted octanol–water partition coefficient (Wildman–Crippen LogP) is 3.99. The van der Waals surface area contributed by atoms with Crippen LogP contribution in [0.15, 0.2) is 53.5 Å². The number of hydrogen-bond acceptors (Lipinski definition) is 2. The lowest BCUT2D eigenvalue weighted by Crippen LogP contribution is -2.38. The van der Waals surface area contributed by atoms with Crippen LogP contribution in [-0.4, -0.2) is 31.6 Å². The Bertz CT molecular complexity index is 814. The maximum atomic E-state index is 11.8. The lowest BCUT2D eigenvalue weighted by molar-refractivity contribution is 0.250. The zero-order valence-electron chi connectivity index (χ0n) is 18.0. The Morgan fingerprint density at radius 3 is 2.38 bits per heavy atom. The van der Waals surface area contributed by atoms with Crippen molar-refractivity contribution in [2.24, 2.45) is 4.99 Å². The quantitative estimate of drug-likeness (QED) is 0.423. The number of benzene rings is 2. The lowest BCUT2D eigenvalue weighted by Gasteiger charge is -2.17. The molecule has 1 atom stereocenters. The van der Waals surface area contributed by atoms with E-state index in [1.54, 1.807) is 7.05 Å². The number of nitrogens with one attached hydrogen (secondary N) is 4. The molecule has 2 amide bonds. The van der Waals surface area contributed by atoms with Crippen molar-refractivity contribution in [1.29, 1.82) is 0 Å². The number of carbonyl (C=O) groups excluding carboxylic acids is 1. The summed E-state index contributed by atoms with van der Waals surface area (Å²) in [5, 5.41) is 12.3. The number of hydrogen-bond donors (Lipinski definition) is 4. The number of anilines is 1. The molecule has 6 heteroatoms. The van der Waals surface area contributed by atoms with Crippen LogP contribution in [0.25, 0.3) is 0 Å². The van der Waals surface area contributed by atoms with E-state index in [9.17, 15) is 4.79 Å². The highest BCUT2D eigenvalue weighted by Gasteiger charge is 2.07. The van der Waals surface area contributed by atoms with Crippen molar-refractivity contribution in [3.8, 4) is 0 Å². The number of urea groups is 1. The molecular formula is C23H33N5O. The molecule has 1 unspecified atom stereocenters. The fraction of sp³-hybridized carbons (Fsp3) is 0.391. The minimum atomic E-state index is -0.196. The van der Waals surface area contributed by atoms with Crippen LogP contribution in [-0.2, 0) is 6.54 Å². The molecule has 0 radical (unpaired) electrons. The van der Waals surface area contributed by atoms with Gasteiger partial charge in [0.2, 0.25) is 0 Å². The molecule has 2 rings (SSSR count). The number of rotatable bonds is 7. The Labute approximate surface area is 174 Å². The topological polar surface area (TPSA) is 77.5 Å². The van der Waals surface area contributed by atoms with Gasteiger partial charge < -0.3 is 21.3 Å². The van der Waals surface area contributed by atoms with E-state index in [1.807, 2.05) is 38.1 Å². The second kappa shape index (κ2) is 11.1. The van der Waals surface area contributed by atoms with E-state index in [0.717, 1.165) is 23.8 Å². The molecular weight excluding hydrogens is 362 g/mol. The average Bonchev–Trinajstić information content (AvgIpc) is 2.68. The van der Waals surface area contributed by atoms with Gasteiger partial charge in [0.1, 0.15) is 0 Å². The van der Waals surface area contributed by atoms with Gasteiger partial charge in [-0.1, -0.05) is 48.9 Å². The number of aryl methyl sites for hydroxylation is 1. The van der Waals surface area contributed by atoms with Gasteiger partial charge >= 0.3 is 6.03 Å². The second-order valence-corrected chi connectivity index (χ2v) is 7.57. The van der Waals surface area contributed by atoms with E-state index in [-0.39, 0.29) is 12.1 Å². The summed E-state index contributed by atoms with van der Waals surface area (Å²) in [5.41, 5.74) is 4.46. The fourth-order valence-corrected chi connectivity index (χ4v) is 2.89. The Kier molecular flexibility index (Phi) is 8.52. The molecule has 2 aromatic rings. The SMILES string of the molecule is CN=C(NCc1ccc(NC(=O)NC(C)C)cc1)NCC(C)c1cccc(C)c1. The first-order chi connectivity index (χ1) is 13.9. The van der Waals surface area contributed by atoms with Crippen LogP contribution in [0.1, 0.15) is 43.4 Å². The third-order valence-corrected chi connectivity index (χ3v) is 4.50. The van der Waals surface area contributed by atoms with Crippen LogP contribution < -0.4 is 21.3 Å². The Morgan fingerprint density at radius 2 is 1.76 bits per heavy atom. The highest BCUT2D eigenvalue weighted by molar-refractivity contribution is 5.89. The third kappa shape index (κ3) is 7.86. The monoisotopic (exact) mass is 395 g/mol. The summed E-state index contributed by atoms with van der Waals surface area (Å²) in [5.74, 6) is 1.15. The van der Waals surface area contributed by atoms with Gasteiger partial charge in [-0.25, -0.2) is 4.79 Å². The van der Waals surface area contributed by atoms with Gasteiger partial charge in [-0.15, -0.1) is 0 Å². The molecule has 4 N–H and O–H groups in total. The van der Waals surface area contributed by atoms with E-state index < -0.39 is 0 Å². The minimum absolute atomic E-state index is 0.103. The lowest BCUT2D eigenvalue weighted by atomic mass is 9.99. The molecule has 0 aliphatic carbocycles. The molecule has 0 fully saturated rings. The molecule has 0 aromatic heterocycles. The Balaban J connectivity index is 1.80. The van der Waals surface area contributed by atoms with E-state index in [1.165, 1.54) is 11.1 Å². The van der Waals surface area contributed by atoms with Gasteiger partial charge in [-0.2, -0.15) is 0 Å². The summed E-state index contributed by atoms with van der Waals surface area (Å²) < 4.78 is 0. The van der Waals surface area contributed by atoms with Crippen molar-refractivity contribution in [2.75, 3.05) is 18.9 Å². The molecule has 0 saturated carbocycles. The van der Waals surface area contributed by atoms with Crippen molar-refractivity contribution >= 4 is 17.7 Å². The van der Waals surface area contributed by atoms with Crippen LogP contribution in [0, 0.1) is 6.92 Å². The van der Waals surface area contributed by atoms with Crippen molar-refractivity contribution in [1.82, 2.24) is 16.0 Å². The van der Waals surface area contributed by atoms with Crippen LogP contribution in [0.2, 0.25) is 0 Å². The van der Waals surface area contributed by atoms with E-state index in [0.29, 0.717) is 12.5 Å². The fourth-order valence-electron chi connectivity index (χ4n) is 2.89. The molecule has 6 nitrogen and oxygen atoms in total. The zero-order chi connectivity index (χ0) is 21.2. The van der Waals surface area contributed by atoms with Gasteiger partial charge in [0, 0.05) is 31.9 Å². The summed E-state index contributed by atoms with van der Waals surface area (Å²) in [6, 6.07) is 16.3. The van der Waals surface area contributed by atoms with Crippen LogP contribution in [0.3, 0.4) is 0 Å². The first-order valence-corrected chi connectivity index (χ1v) is 10.0. The second-order valence-electron chi connectivity index (χ2n) is 7.57. The molecule has 0 spiro atoms. The summed E-state index contributed by atoms with van der Waals surface area (Å²) >= 11 is 0. The van der Waals surface area contributed by atoms with Crippen molar-refractivity contribution in [3.63, 3.8) is 0 Å². The predicted molar refractivity (Wildman–Crippen MR) is 122 cm³/mol. The Morgan fingerprint density at radius 1 is 1.03 bits per heavy atom. The molecule has 0 aliphatic heterocycles. The van der Waals surface area contributed by atoms with Gasteiger partial charge in [-0.3, -0.25) is 4.99 Å². The maximum Gasteiger partial charge on any atom is 0.319 e.